The minimum absolute atomic E-state index is 0.172. The molecule has 0 aromatic heterocycles. The molecule has 0 atom stereocenters. The fourth-order valence-electron chi connectivity index (χ4n) is 2.78. The van der Waals surface area contributed by atoms with Crippen LogP contribution in [0.1, 0.15) is 23.1 Å². The Hall–Kier alpha value is -1.60. The van der Waals surface area contributed by atoms with Crippen molar-refractivity contribution in [2.75, 3.05) is 33.4 Å². The van der Waals surface area contributed by atoms with Gasteiger partial charge in [0.05, 0.1) is 13.7 Å². The molecule has 0 unspecified atom stereocenters. The summed E-state index contributed by atoms with van der Waals surface area (Å²) >= 11 is 3.64. The highest BCUT2D eigenvalue weighted by Crippen LogP contribution is 2.36. The van der Waals surface area contributed by atoms with Gasteiger partial charge >= 0.3 is 0 Å². The fourth-order valence-corrected chi connectivity index (χ4v) is 3.23. The molecule has 0 bridgehead atoms. The number of hydrogen-bond donors (Lipinski definition) is 3. The van der Waals surface area contributed by atoms with Crippen LogP contribution in [0.3, 0.4) is 0 Å². The van der Waals surface area contributed by atoms with E-state index in [2.05, 4.69) is 51.7 Å². The molecule has 0 aliphatic rings. The molecule has 0 radical (unpaired) electrons. The van der Waals surface area contributed by atoms with Crippen molar-refractivity contribution < 1.29 is 14.6 Å². The van der Waals surface area contributed by atoms with E-state index in [0.717, 1.165) is 46.6 Å². The number of hydrogen-bond acceptors (Lipinski definition) is 5. The van der Waals surface area contributed by atoms with Gasteiger partial charge in [-0.2, -0.15) is 0 Å². The van der Waals surface area contributed by atoms with Gasteiger partial charge in [0, 0.05) is 23.1 Å². The molecule has 2 rings (SSSR count). The summed E-state index contributed by atoms with van der Waals surface area (Å²) in [4.78, 5) is 0. The van der Waals surface area contributed by atoms with Crippen LogP contribution in [-0.4, -0.2) is 38.5 Å². The van der Waals surface area contributed by atoms with Crippen molar-refractivity contribution in [3.63, 3.8) is 0 Å². The number of benzene rings is 2. The van der Waals surface area contributed by atoms with E-state index in [-0.39, 0.29) is 6.61 Å². The summed E-state index contributed by atoms with van der Waals surface area (Å²) in [5.41, 5.74) is 3.39. The summed E-state index contributed by atoms with van der Waals surface area (Å²) in [7, 11) is 1.66. The molecule has 2 aromatic rings. The van der Waals surface area contributed by atoms with E-state index < -0.39 is 0 Å². The van der Waals surface area contributed by atoms with Crippen LogP contribution < -0.4 is 20.1 Å². The summed E-state index contributed by atoms with van der Waals surface area (Å²) in [6.07, 6.45) is 0.987. The molecular weight excluding hydrogens is 408 g/mol. The van der Waals surface area contributed by atoms with Crippen LogP contribution in [0, 0.1) is 6.92 Å². The molecule has 5 nitrogen and oxygen atoms in total. The summed E-state index contributed by atoms with van der Waals surface area (Å²) in [5, 5.41) is 15.4. The summed E-state index contributed by atoms with van der Waals surface area (Å²) in [6.45, 7) is 5.81. The number of ether oxygens (including phenoxy) is 2. The molecule has 0 heterocycles. The number of methoxy groups -OCH3 is 1. The van der Waals surface area contributed by atoms with Crippen molar-refractivity contribution in [1.29, 1.82) is 0 Å². The highest BCUT2D eigenvalue weighted by atomic mass is 79.9. The minimum Gasteiger partial charge on any atom is -0.493 e. The van der Waals surface area contributed by atoms with Gasteiger partial charge in [-0.15, -0.1) is 0 Å². The molecule has 27 heavy (non-hydrogen) atoms. The van der Waals surface area contributed by atoms with Gasteiger partial charge in [0.1, 0.15) is 6.61 Å². The maximum atomic E-state index is 8.77. The lowest BCUT2D eigenvalue weighted by Crippen LogP contribution is -2.24. The number of halogens is 1. The number of nitrogens with one attached hydrogen (secondary N) is 2. The highest BCUT2D eigenvalue weighted by Gasteiger charge is 2.14. The van der Waals surface area contributed by atoms with Gasteiger partial charge in [-0.25, -0.2) is 0 Å². The summed E-state index contributed by atoms with van der Waals surface area (Å²) in [6, 6.07) is 12.2. The summed E-state index contributed by atoms with van der Waals surface area (Å²) < 4.78 is 12.7. The Kier molecular flexibility index (Phi) is 9.62. The lowest BCUT2D eigenvalue weighted by molar-refractivity contribution is 0.280. The van der Waals surface area contributed by atoms with Crippen LogP contribution in [0.5, 0.6) is 11.5 Å². The van der Waals surface area contributed by atoms with Crippen molar-refractivity contribution in [1.82, 2.24) is 10.6 Å². The Morgan fingerprint density at radius 3 is 2.63 bits per heavy atom. The van der Waals surface area contributed by atoms with Crippen LogP contribution in [0.2, 0.25) is 0 Å². The van der Waals surface area contributed by atoms with Gasteiger partial charge in [-0.3, -0.25) is 0 Å². The molecule has 0 fully saturated rings. The first-order valence-electron chi connectivity index (χ1n) is 9.21. The van der Waals surface area contributed by atoms with E-state index in [9.17, 15) is 0 Å². The third kappa shape index (κ3) is 7.14. The lowest BCUT2D eigenvalue weighted by atomic mass is 10.1. The predicted molar refractivity (Wildman–Crippen MR) is 112 cm³/mol. The molecule has 148 valence electrons. The Labute approximate surface area is 170 Å². The molecule has 3 N–H and O–H groups in total. The Morgan fingerprint density at radius 1 is 1.07 bits per heavy atom. The first-order chi connectivity index (χ1) is 13.2. The molecule has 0 aliphatic heterocycles. The van der Waals surface area contributed by atoms with Gasteiger partial charge in [-0.05, 0) is 44.1 Å². The second-order valence-corrected chi connectivity index (χ2v) is 7.19. The van der Waals surface area contributed by atoms with Crippen LogP contribution in [0.4, 0.5) is 0 Å². The standard InChI is InChI=1S/C21H29BrN2O3/c1-16-5-3-6-17(13-16)15-27-21-18(19(22)7-8-20(21)26-2)14-24-10-4-9-23-11-12-25/h3,5-8,13,23-25H,4,9-12,14-15H2,1-2H3. The first kappa shape index (κ1) is 21.7. The second-order valence-electron chi connectivity index (χ2n) is 6.34. The number of rotatable bonds is 12. The average molecular weight is 437 g/mol. The first-order valence-corrected chi connectivity index (χ1v) is 10.0. The zero-order valence-corrected chi connectivity index (χ0v) is 17.6. The molecule has 2 aromatic carbocycles. The van der Waals surface area contributed by atoms with Gasteiger partial charge < -0.3 is 25.2 Å². The lowest BCUT2D eigenvalue weighted by Gasteiger charge is -2.17. The van der Waals surface area contributed by atoms with Gasteiger partial charge in [0.2, 0.25) is 0 Å². The SMILES string of the molecule is COc1ccc(Br)c(CNCCCNCCO)c1OCc1cccc(C)c1. The van der Waals surface area contributed by atoms with Crippen molar-refractivity contribution in [2.45, 2.75) is 26.5 Å². The number of aliphatic hydroxyl groups is 1. The van der Waals surface area contributed by atoms with Crippen LogP contribution in [-0.2, 0) is 13.2 Å². The Morgan fingerprint density at radius 2 is 1.89 bits per heavy atom. The quantitative estimate of drug-likeness (QED) is 0.445. The third-order valence-corrected chi connectivity index (χ3v) is 4.89. The van der Waals surface area contributed by atoms with Crippen LogP contribution >= 0.6 is 15.9 Å². The zero-order valence-electron chi connectivity index (χ0n) is 16.1. The predicted octanol–water partition coefficient (Wildman–Crippen LogP) is 3.41. The monoisotopic (exact) mass is 436 g/mol. The molecule has 0 amide bonds. The Bertz CT molecular complexity index is 710. The highest BCUT2D eigenvalue weighted by molar-refractivity contribution is 9.10. The maximum Gasteiger partial charge on any atom is 0.167 e. The van der Waals surface area contributed by atoms with E-state index in [1.807, 2.05) is 18.2 Å². The molecular formula is C21H29BrN2O3. The fraction of sp³-hybridized carbons (Fsp3) is 0.429. The molecule has 0 saturated heterocycles. The number of aryl methyl sites for hydroxylation is 1. The van der Waals surface area contributed by atoms with Crippen LogP contribution in [0.25, 0.3) is 0 Å². The van der Waals surface area contributed by atoms with Crippen molar-refractivity contribution >= 4 is 15.9 Å². The molecule has 6 heteroatoms. The maximum absolute atomic E-state index is 8.77. The molecule has 0 saturated carbocycles. The van der Waals surface area contributed by atoms with E-state index in [0.29, 0.717) is 19.7 Å². The second kappa shape index (κ2) is 12.0. The van der Waals surface area contributed by atoms with Gasteiger partial charge in [-0.1, -0.05) is 45.8 Å². The van der Waals surface area contributed by atoms with Gasteiger partial charge in [0.15, 0.2) is 11.5 Å². The zero-order chi connectivity index (χ0) is 19.5. The van der Waals surface area contributed by atoms with E-state index >= 15 is 0 Å². The smallest absolute Gasteiger partial charge is 0.167 e. The average Bonchev–Trinajstić information content (AvgIpc) is 2.67. The normalized spacial score (nSPS) is 10.8. The molecule has 0 spiro atoms. The van der Waals surface area contributed by atoms with Crippen molar-refractivity contribution in [2.24, 2.45) is 0 Å². The van der Waals surface area contributed by atoms with Gasteiger partial charge in [0.25, 0.3) is 0 Å². The topological polar surface area (TPSA) is 62.8 Å². The van der Waals surface area contributed by atoms with E-state index in [1.165, 1.54) is 5.56 Å². The minimum atomic E-state index is 0.172. The summed E-state index contributed by atoms with van der Waals surface area (Å²) in [5.74, 6) is 1.49. The van der Waals surface area contributed by atoms with Crippen LogP contribution in [0.15, 0.2) is 40.9 Å². The molecule has 0 aliphatic carbocycles. The third-order valence-electron chi connectivity index (χ3n) is 4.15. The largest absolute Gasteiger partial charge is 0.493 e. The Balaban J connectivity index is 2.00. The van der Waals surface area contributed by atoms with E-state index in [1.54, 1.807) is 7.11 Å². The van der Waals surface area contributed by atoms with Crippen molar-refractivity contribution in [3.8, 4) is 11.5 Å². The van der Waals surface area contributed by atoms with Crippen molar-refractivity contribution in [3.05, 3.63) is 57.6 Å². The van der Waals surface area contributed by atoms with E-state index in [4.69, 9.17) is 14.6 Å². The number of aliphatic hydroxyl groups excluding tert-OH is 1.